The van der Waals surface area contributed by atoms with E-state index >= 15 is 0 Å². The minimum Gasteiger partial charge on any atom is -0.310 e. The molecule has 0 saturated heterocycles. The number of para-hydroxylation sites is 2. The maximum Gasteiger partial charge on any atom is 0.0992 e. The Kier molecular flexibility index (Phi) is 7.89. The molecule has 0 saturated carbocycles. The molecule has 0 N–H and O–H groups in total. The van der Waals surface area contributed by atoms with Gasteiger partial charge in [0.15, 0.2) is 0 Å². The summed E-state index contributed by atoms with van der Waals surface area (Å²) in [6.07, 6.45) is 0. The average molecular weight is 729 g/mol. The Hall–Kier alpha value is -7.66. The highest BCUT2D eigenvalue weighted by atomic mass is 15.1. The summed E-state index contributed by atoms with van der Waals surface area (Å²) in [7, 11) is 0. The van der Waals surface area contributed by atoms with Gasteiger partial charge in [0.1, 0.15) is 0 Å². The van der Waals surface area contributed by atoms with Gasteiger partial charge < -0.3 is 9.80 Å². The van der Waals surface area contributed by atoms with Crippen LogP contribution in [0.5, 0.6) is 0 Å². The summed E-state index contributed by atoms with van der Waals surface area (Å²) in [6, 6.07) is 68.1. The molecule has 0 radical (unpaired) electrons. The Morgan fingerprint density at radius 2 is 0.877 bits per heavy atom. The van der Waals surface area contributed by atoms with Crippen molar-refractivity contribution in [2.24, 2.45) is 0 Å². The van der Waals surface area contributed by atoms with Gasteiger partial charge in [-0.3, -0.25) is 0 Å². The maximum atomic E-state index is 9.93. The molecular weight excluding hydrogens is 693 g/mol. The van der Waals surface area contributed by atoms with Crippen LogP contribution >= 0.6 is 0 Å². The Bertz CT molecular complexity index is 3130. The number of anilines is 6. The van der Waals surface area contributed by atoms with Gasteiger partial charge in [-0.2, -0.15) is 10.5 Å². The van der Waals surface area contributed by atoms with E-state index in [1.54, 1.807) is 0 Å². The van der Waals surface area contributed by atoms with Crippen molar-refractivity contribution >= 4 is 66.4 Å². The lowest BCUT2D eigenvalue weighted by atomic mass is 9.79. The fourth-order valence-electron chi connectivity index (χ4n) is 9.12. The molecule has 1 aliphatic rings. The molecule has 10 rings (SSSR count). The minimum atomic E-state index is -0.371. The molecule has 4 nitrogen and oxygen atoms in total. The molecular formula is C53H36N4. The van der Waals surface area contributed by atoms with Gasteiger partial charge in [0.25, 0.3) is 0 Å². The molecule has 0 atom stereocenters. The first kappa shape index (κ1) is 33.9. The molecule has 4 heteroatoms. The maximum absolute atomic E-state index is 9.93. The van der Waals surface area contributed by atoms with E-state index in [0.29, 0.717) is 11.1 Å². The highest BCUT2D eigenvalue weighted by molar-refractivity contribution is 6.23. The van der Waals surface area contributed by atoms with Crippen molar-refractivity contribution in [2.45, 2.75) is 19.3 Å². The van der Waals surface area contributed by atoms with E-state index in [9.17, 15) is 10.5 Å². The Balaban J connectivity index is 1.25. The molecule has 0 aromatic heterocycles. The largest absolute Gasteiger partial charge is 0.310 e. The third-order valence-corrected chi connectivity index (χ3v) is 11.6. The molecule has 57 heavy (non-hydrogen) atoms. The van der Waals surface area contributed by atoms with Crippen LogP contribution in [0.1, 0.15) is 36.1 Å². The molecule has 9 aromatic rings. The normalized spacial score (nSPS) is 12.5. The first-order valence-corrected chi connectivity index (χ1v) is 19.2. The average Bonchev–Trinajstić information content (AvgIpc) is 3.51. The van der Waals surface area contributed by atoms with Crippen LogP contribution in [0.2, 0.25) is 0 Å². The Morgan fingerprint density at radius 3 is 1.49 bits per heavy atom. The topological polar surface area (TPSA) is 54.1 Å². The van der Waals surface area contributed by atoms with E-state index in [0.717, 1.165) is 39.5 Å². The minimum absolute atomic E-state index is 0.371. The van der Waals surface area contributed by atoms with Crippen molar-refractivity contribution < 1.29 is 0 Å². The van der Waals surface area contributed by atoms with Gasteiger partial charge >= 0.3 is 0 Å². The molecule has 0 heterocycles. The predicted molar refractivity (Wildman–Crippen MR) is 235 cm³/mol. The number of rotatable bonds is 6. The number of fused-ring (bicyclic) bond motifs is 10. The van der Waals surface area contributed by atoms with Crippen LogP contribution in [0.3, 0.4) is 0 Å². The van der Waals surface area contributed by atoms with Crippen LogP contribution in [0, 0.1) is 22.7 Å². The molecule has 0 fully saturated rings. The first-order valence-electron chi connectivity index (χ1n) is 19.2. The van der Waals surface area contributed by atoms with E-state index in [-0.39, 0.29) is 5.41 Å². The van der Waals surface area contributed by atoms with Crippen molar-refractivity contribution in [2.75, 3.05) is 9.80 Å². The van der Waals surface area contributed by atoms with Crippen molar-refractivity contribution in [1.29, 1.82) is 10.5 Å². The molecule has 0 unspecified atom stereocenters. The third-order valence-electron chi connectivity index (χ3n) is 11.6. The SMILES string of the molecule is CC1(C)c2cc(N(c3ccccc3)c3cccc(C#N)c3)c3ccccc3c2-c2c1c1ccc(N(c3ccccc3)c3cccc(C#N)c3)cc1c1ccccc21. The van der Waals surface area contributed by atoms with Gasteiger partial charge in [0.2, 0.25) is 0 Å². The second-order valence-corrected chi connectivity index (χ2v) is 15.2. The number of hydrogen-bond acceptors (Lipinski definition) is 4. The quantitative estimate of drug-likeness (QED) is 0.160. The van der Waals surface area contributed by atoms with Gasteiger partial charge in [0.05, 0.1) is 29.0 Å². The monoisotopic (exact) mass is 728 g/mol. The van der Waals surface area contributed by atoms with Gasteiger partial charge in [-0.1, -0.05) is 117 Å². The number of hydrogen-bond donors (Lipinski definition) is 0. The lowest BCUT2D eigenvalue weighted by Crippen LogP contribution is -2.17. The zero-order chi connectivity index (χ0) is 38.7. The lowest BCUT2D eigenvalue weighted by molar-refractivity contribution is 0.667. The van der Waals surface area contributed by atoms with Crippen LogP contribution in [-0.4, -0.2) is 0 Å². The van der Waals surface area contributed by atoms with Crippen molar-refractivity contribution in [3.05, 3.63) is 204 Å². The van der Waals surface area contributed by atoms with Crippen LogP contribution in [0.4, 0.5) is 34.1 Å². The molecule has 0 aliphatic heterocycles. The summed E-state index contributed by atoms with van der Waals surface area (Å²) in [5, 5.41) is 26.9. The Morgan fingerprint density at radius 1 is 0.386 bits per heavy atom. The molecule has 1 aliphatic carbocycles. The Labute approximate surface area is 332 Å². The van der Waals surface area contributed by atoms with E-state index < -0.39 is 0 Å². The zero-order valence-electron chi connectivity index (χ0n) is 31.6. The summed E-state index contributed by atoms with van der Waals surface area (Å²) >= 11 is 0. The highest BCUT2D eigenvalue weighted by Crippen LogP contribution is 2.59. The van der Waals surface area contributed by atoms with Crippen molar-refractivity contribution in [3.8, 4) is 23.3 Å². The lowest BCUT2D eigenvalue weighted by Gasteiger charge is -2.30. The molecule has 0 spiro atoms. The second-order valence-electron chi connectivity index (χ2n) is 15.2. The summed E-state index contributed by atoms with van der Waals surface area (Å²) in [4.78, 5) is 4.53. The molecule has 0 amide bonds. The van der Waals surface area contributed by atoms with Gasteiger partial charge in [0, 0.05) is 39.2 Å². The van der Waals surface area contributed by atoms with E-state index in [1.165, 1.54) is 49.2 Å². The van der Waals surface area contributed by atoms with E-state index in [1.807, 2.05) is 48.5 Å². The zero-order valence-corrected chi connectivity index (χ0v) is 31.6. The first-order chi connectivity index (χ1) is 28.0. The summed E-state index contributed by atoms with van der Waals surface area (Å²) in [5.41, 5.74) is 12.0. The fraction of sp³-hybridized carbons (Fsp3) is 0.0566. The summed E-state index contributed by atoms with van der Waals surface area (Å²) in [5.74, 6) is 0. The van der Waals surface area contributed by atoms with Gasteiger partial charge in [-0.15, -0.1) is 0 Å². The fourth-order valence-corrected chi connectivity index (χ4v) is 9.12. The number of nitriles is 2. The van der Waals surface area contributed by atoms with Crippen LogP contribution < -0.4 is 9.80 Å². The number of nitrogens with zero attached hydrogens (tertiary/aromatic N) is 4. The van der Waals surface area contributed by atoms with Gasteiger partial charge in [-0.25, -0.2) is 0 Å². The molecule has 9 aromatic carbocycles. The summed E-state index contributed by atoms with van der Waals surface area (Å²) in [6.45, 7) is 4.73. The smallest absolute Gasteiger partial charge is 0.0992 e. The third kappa shape index (κ3) is 5.35. The van der Waals surface area contributed by atoms with Crippen LogP contribution in [-0.2, 0) is 5.41 Å². The number of benzene rings is 9. The molecule has 268 valence electrons. The summed E-state index contributed by atoms with van der Waals surface area (Å²) < 4.78 is 0. The van der Waals surface area contributed by atoms with Crippen molar-refractivity contribution in [1.82, 2.24) is 0 Å². The van der Waals surface area contributed by atoms with Crippen LogP contribution in [0.15, 0.2) is 182 Å². The van der Waals surface area contributed by atoms with Gasteiger partial charge in [-0.05, 0) is 128 Å². The molecule has 0 bridgehead atoms. The standard InChI is InChI=1S/C53H36N4/c1-53(2)48-32-49(57(38-19-7-4-8-20-38)40-22-14-16-36(30-40)34-55)43-24-10-12-26-45(43)50(48)51-44-25-11-9-23-42(44)47-31-41(27-28-46(47)52(51)53)56(37-17-5-3-6-18-37)39-21-13-15-35(29-39)33-54/h3-32H,1-2H3. The highest BCUT2D eigenvalue weighted by Gasteiger charge is 2.40. The van der Waals surface area contributed by atoms with E-state index in [4.69, 9.17) is 0 Å². The van der Waals surface area contributed by atoms with Crippen LogP contribution in [0.25, 0.3) is 43.4 Å². The van der Waals surface area contributed by atoms with E-state index in [2.05, 4.69) is 169 Å². The second kappa shape index (κ2) is 13.3. The predicted octanol–water partition coefficient (Wildman–Crippen LogP) is 14.1. The van der Waals surface area contributed by atoms with Crippen molar-refractivity contribution in [3.63, 3.8) is 0 Å².